The number of rotatable bonds is 6. The lowest BCUT2D eigenvalue weighted by Gasteiger charge is -2.19. The van der Waals surface area contributed by atoms with Gasteiger partial charge in [0.15, 0.2) is 0 Å². The molecule has 180 valence electrons. The number of hydrogen-bond donors (Lipinski definition) is 0. The van der Waals surface area contributed by atoms with E-state index in [0.717, 1.165) is 33.7 Å². The van der Waals surface area contributed by atoms with Crippen molar-refractivity contribution in [2.24, 2.45) is 0 Å². The smallest absolute Gasteiger partial charge is 0.227 e. The summed E-state index contributed by atoms with van der Waals surface area (Å²) in [6.45, 7) is 5.99. The van der Waals surface area contributed by atoms with Crippen LogP contribution >= 0.6 is 0 Å². The standard InChI is InChI=1S/C31H29N3O2/c1-21-14-15-25(18-22(21)2)34-20-24(19-30(34)35)31-32-27-11-5-6-12-28(27)33(31)16-17-36-29-13-7-9-23-8-3-4-10-26(23)29/h3-15,18,24H,16-17,19-20H2,1-2H3. The van der Waals surface area contributed by atoms with Gasteiger partial charge in [0, 0.05) is 30.0 Å². The van der Waals surface area contributed by atoms with Crippen molar-refractivity contribution in [3.63, 3.8) is 0 Å². The number of para-hydroxylation sites is 2. The number of benzene rings is 4. The molecular formula is C31H29N3O2. The molecule has 1 saturated heterocycles. The Bertz CT molecular complexity index is 1580. The summed E-state index contributed by atoms with van der Waals surface area (Å²) in [5, 5.41) is 2.28. The molecule has 1 aliphatic heterocycles. The SMILES string of the molecule is Cc1ccc(N2CC(c3nc4ccccc4n3CCOc3cccc4ccccc34)CC2=O)cc1C. The van der Waals surface area contributed by atoms with Crippen LogP contribution in [0.25, 0.3) is 21.8 Å². The summed E-state index contributed by atoms with van der Waals surface area (Å²) in [5.74, 6) is 2.02. The number of fused-ring (bicyclic) bond motifs is 2. The Morgan fingerprint density at radius 3 is 2.61 bits per heavy atom. The molecule has 1 amide bonds. The summed E-state index contributed by atoms with van der Waals surface area (Å²) in [7, 11) is 0. The summed E-state index contributed by atoms with van der Waals surface area (Å²) in [4.78, 5) is 20.0. The molecule has 1 atom stereocenters. The van der Waals surface area contributed by atoms with Crippen molar-refractivity contribution < 1.29 is 9.53 Å². The molecule has 4 aromatic carbocycles. The van der Waals surface area contributed by atoms with Crippen LogP contribution in [0.3, 0.4) is 0 Å². The van der Waals surface area contributed by atoms with E-state index in [2.05, 4.69) is 54.8 Å². The minimum absolute atomic E-state index is 0.0315. The highest BCUT2D eigenvalue weighted by atomic mass is 16.5. The molecule has 0 saturated carbocycles. The topological polar surface area (TPSA) is 47.4 Å². The number of nitrogens with zero attached hydrogens (tertiary/aromatic N) is 3. The number of amides is 1. The molecule has 5 nitrogen and oxygen atoms in total. The molecule has 0 spiro atoms. The first kappa shape index (κ1) is 22.4. The molecule has 6 rings (SSSR count). The van der Waals surface area contributed by atoms with E-state index in [1.165, 1.54) is 16.5 Å². The third-order valence-electron chi connectivity index (χ3n) is 7.30. The van der Waals surface area contributed by atoms with E-state index in [-0.39, 0.29) is 11.8 Å². The number of hydrogen-bond acceptors (Lipinski definition) is 3. The molecule has 1 aromatic heterocycles. The van der Waals surface area contributed by atoms with Gasteiger partial charge in [-0.25, -0.2) is 4.98 Å². The van der Waals surface area contributed by atoms with Crippen molar-refractivity contribution in [1.29, 1.82) is 0 Å². The fourth-order valence-electron chi connectivity index (χ4n) is 5.23. The van der Waals surface area contributed by atoms with E-state index in [9.17, 15) is 4.79 Å². The van der Waals surface area contributed by atoms with Gasteiger partial charge < -0.3 is 14.2 Å². The molecule has 0 aliphatic carbocycles. The van der Waals surface area contributed by atoms with Crippen LogP contribution in [0, 0.1) is 13.8 Å². The van der Waals surface area contributed by atoms with Gasteiger partial charge in [-0.3, -0.25) is 4.79 Å². The number of carbonyl (C=O) groups is 1. The summed E-state index contributed by atoms with van der Waals surface area (Å²) < 4.78 is 8.51. The fourth-order valence-corrected chi connectivity index (χ4v) is 5.23. The zero-order valence-corrected chi connectivity index (χ0v) is 20.6. The predicted octanol–water partition coefficient (Wildman–Crippen LogP) is 6.41. The molecule has 5 aromatic rings. The number of aryl methyl sites for hydroxylation is 2. The van der Waals surface area contributed by atoms with Gasteiger partial charge in [-0.1, -0.05) is 54.6 Å². The molecule has 0 bridgehead atoms. The number of ether oxygens (including phenoxy) is 1. The van der Waals surface area contributed by atoms with E-state index in [4.69, 9.17) is 9.72 Å². The van der Waals surface area contributed by atoms with E-state index >= 15 is 0 Å². The molecule has 1 fully saturated rings. The summed E-state index contributed by atoms with van der Waals surface area (Å²) in [6.07, 6.45) is 0.459. The van der Waals surface area contributed by atoms with Crippen LogP contribution in [0.2, 0.25) is 0 Å². The van der Waals surface area contributed by atoms with Gasteiger partial charge in [-0.15, -0.1) is 0 Å². The minimum Gasteiger partial charge on any atom is -0.491 e. The molecule has 0 N–H and O–H groups in total. The average Bonchev–Trinajstić information content (AvgIpc) is 3.46. The van der Waals surface area contributed by atoms with Crippen LogP contribution in [0.15, 0.2) is 84.9 Å². The van der Waals surface area contributed by atoms with Crippen molar-refractivity contribution in [1.82, 2.24) is 9.55 Å². The zero-order chi connectivity index (χ0) is 24.6. The maximum Gasteiger partial charge on any atom is 0.227 e. The highest BCUT2D eigenvalue weighted by Gasteiger charge is 2.35. The van der Waals surface area contributed by atoms with Crippen molar-refractivity contribution in [2.45, 2.75) is 32.7 Å². The van der Waals surface area contributed by atoms with Gasteiger partial charge in [0.25, 0.3) is 0 Å². The van der Waals surface area contributed by atoms with Crippen molar-refractivity contribution >= 4 is 33.4 Å². The predicted molar refractivity (Wildman–Crippen MR) is 145 cm³/mol. The first-order chi connectivity index (χ1) is 17.6. The van der Waals surface area contributed by atoms with Crippen LogP contribution in [-0.4, -0.2) is 28.6 Å². The highest BCUT2D eigenvalue weighted by Crippen LogP contribution is 2.34. The Labute approximate surface area is 210 Å². The Hall–Kier alpha value is -4.12. The second-order valence-electron chi connectivity index (χ2n) is 9.61. The number of carbonyl (C=O) groups excluding carboxylic acids is 1. The zero-order valence-electron chi connectivity index (χ0n) is 20.6. The van der Waals surface area contributed by atoms with Crippen molar-refractivity contribution in [2.75, 3.05) is 18.1 Å². The maximum atomic E-state index is 13.1. The number of anilines is 1. The van der Waals surface area contributed by atoms with E-state index in [1.54, 1.807) is 0 Å². The third kappa shape index (κ3) is 4.01. The highest BCUT2D eigenvalue weighted by molar-refractivity contribution is 5.96. The largest absolute Gasteiger partial charge is 0.491 e. The molecule has 0 radical (unpaired) electrons. The van der Waals surface area contributed by atoms with Crippen LogP contribution in [0.1, 0.15) is 29.3 Å². The Balaban J connectivity index is 1.27. The number of aromatic nitrogens is 2. The monoisotopic (exact) mass is 475 g/mol. The molecule has 1 aliphatic rings. The lowest BCUT2D eigenvalue weighted by molar-refractivity contribution is -0.117. The average molecular weight is 476 g/mol. The summed E-state index contributed by atoms with van der Waals surface area (Å²) in [5.41, 5.74) is 5.42. The number of imidazole rings is 1. The van der Waals surface area contributed by atoms with E-state index < -0.39 is 0 Å². The maximum absolute atomic E-state index is 13.1. The Morgan fingerprint density at radius 1 is 0.917 bits per heavy atom. The fraction of sp³-hybridized carbons (Fsp3) is 0.226. The quantitative estimate of drug-likeness (QED) is 0.285. The third-order valence-corrected chi connectivity index (χ3v) is 7.30. The van der Waals surface area contributed by atoms with Gasteiger partial charge >= 0.3 is 0 Å². The van der Waals surface area contributed by atoms with E-state index in [1.807, 2.05) is 53.4 Å². The summed E-state index contributed by atoms with van der Waals surface area (Å²) >= 11 is 0. The van der Waals surface area contributed by atoms with Crippen LogP contribution in [0.4, 0.5) is 5.69 Å². The molecule has 2 heterocycles. The second kappa shape index (κ2) is 9.15. The van der Waals surface area contributed by atoms with E-state index in [0.29, 0.717) is 26.1 Å². The van der Waals surface area contributed by atoms with Crippen molar-refractivity contribution in [3.05, 3.63) is 102 Å². The van der Waals surface area contributed by atoms with Crippen molar-refractivity contribution in [3.8, 4) is 5.75 Å². The molecule has 5 heteroatoms. The Kier molecular flexibility index (Phi) is 5.68. The normalized spacial score (nSPS) is 15.8. The minimum atomic E-state index is 0.0315. The Morgan fingerprint density at radius 2 is 1.72 bits per heavy atom. The lowest BCUT2D eigenvalue weighted by Crippen LogP contribution is -2.24. The van der Waals surface area contributed by atoms with Crippen LogP contribution in [0.5, 0.6) is 5.75 Å². The van der Waals surface area contributed by atoms with Gasteiger partial charge in [-0.2, -0.15) is 0 Å². The van der Waals surface area contributed by atoms with Gasteiger partial charge in [-0.05, 0) is 60.7 Å². The molecule has 36 heavy (non-hydrogen) atoms. The first-order valence-electron chi connectivity index (χ1n) is 12.5. The molecule has 1 unspecified atom stereocenters. The lowest BCUT2D eigenvalue weighted by atomic mass is 10.1. The van der Waals surface area contributed by atoms with Gasteiger partial charge in [0.05, 0.1) is 17.6 Å². The first-order valence-corrected chi connectivity index (χ1v) is 12.5. The van der Waals surface area contributed by atoms with Gasteiger partial charge in [0.1, 0.15) is 18.2 Å². The van der Waals surface area contributed by atoms with Crippen LogP contribution in [-0.2, 0) is 11.3 Å². The summed E-state index contributed by atoms with van der Waals surface area (Å²) in [6, 6.07) is 28.8. The van der Waals surface area contributed by atoms with Gasteiger partial charge in [0.2, 0.25) is 5.91 Å². The molecular weight excluding hydrogens is 446 g/mol. The second-order valence-corrected chi connectivity index (χ2v) is 9.61. The van der Waals surface area contributed by atoms with Crippen LogP contribution < -0.4 is 9.64 Å².